The molecule has 1 aromatic heterocycles. The Labute approximate surface area is 156 Å². The molecule has 0 spiro atoms. The van der Waals surface area contributed by atoms with E-state index in [1.54, 1.807) is 30.2 Å². The molecule has 1 aromatic carbocycles. The van der Waals surface area contributed by atoms with Crippen molar-refractivity contribution in [3.05, 3.63) is 47.8 Å². The first-order valence-electron chi connectivity index (χ1n) is 9.04. The van der Waals surface area contributed by atoms with Gasteiger partial charge in [0.25, 0.3) is 0 Å². The Morgan fingerprint density at radius 1 is 1.38 bits per heavy atom. The summed E-state index contributed by atoms with van der Waals surface area (Å²) in [4.78, 5) is 23.5. The van der Waals surface area contributed by atoms with Crippen molar-refractivity contribution in [3.8, 4) is 0 Å². The Morgan fingerprint density at radius 3 is 2.81 bits per heavy atom. The van der Waals surface area contributed by atoms with Crippen molar-refractivity contribution in [3.63, 3.8) is 0 Å². The Bertz CT molecular complexity index is 774. The van der Waals surface area contributed by atoms with Gasteiger partial charge >= 0.3 is 0 Å². The number of rotatable bonds is 6. The maximum atomic E-state index is 13.1. The largest absolute Gasteiger partial charge is 0.352 e. The number of aryl methyl sites for hydroxylation is 1. The number of carbonyl (C=O) groups excluding carboxylic acids is 1. The molecule has 138 valence electrons. The minimum absolute atomic E-state index is 0.128. The van der Waals surface area contributed by atoms with Gasteiger partial charge in [-0.25, -0.2) is 9.37 Å². The van der Waals surface area contributed by atoms with Gasteiger partial charge in [0.2, 0.25) is 5.91 Å². The number of halogens is 1. The lowest BCUT2D eigenvalue weighted by Crippen LogP contribution is -2.43. The first kappa shape index (κ1) is 17.5. The third-order valence-electron chi connectivity index (χ3n) is 5.00. The number of aromatic nitrogens is 2. The Kier molecular flexibility index (Phi) is 5.00. The molecule has 0 unspecified atom stereocenters. The number of nitrogens with one attached hydrogen (secondary N) is 2. The zero-order valence-corrected chi connectivity index (χ0v) is 15.6. The number of hydrogen-bond donors (Lipinski definition) is 2. The summed E-state index contributed by atoms with van der Waals surface area (Å²) < 4.78 is 13.1. The average molecular weight is 374 g/mol. The molecule has 7 heteroatoms. The van der Waals surface area contributed by atoms with Gasteiger partial charge in [-0.15, -0.1) is 11.8 Å². The molecule has 0 radical (unpaired) electrons. The highest BCUT2D eigenvalue weighted by molar-refractivity contribution is 8.00. The van der Waals surface area contributed by atoms with Crippen molar-refractivity contribution in [2.45, 2.75) is 55.0 Å². The van der Waals surface area contributed by atoms with Crippen molar-refractivity contribution in [2.75, 3.05) is 6.54 Å². The van der Waals surface area contributed by atoms with Crippen molar-refractivity contribution in [1.29, 1.82) is 0 Å². The highest BCUT2D eigenvalue weighted by atomic mass is 32.2. The van der Waals surface area contributed by atoms with Crippen LogP contribution in [-0.2, 0) is 11.3 Å². The van der Waals surface area contributed by atoms with Crippen molar-refractivity contribution in [1.82, 2.24) is 20.2 Å². The molecule has 2 heterocycles. The number of carbonyl (C=O) groups is 1. The number of hydrogen-bond acceptors (Lipinski definition) is 4. The lowest BCUT2D eigenvalue weighted by Gasteiger charge is -2.23. The van der Waals surface area contributed by atoms with E-state index in [0.717, 1.165) is 42.1 Å². The lowest BCUT2D eigenvalue weighted by atomic mass is 10.2. The molecule has 0 bridgehead atoms. The van der Waals surface area contributed by atoms with Gasteiger partial charge in [0.1, 0.15) is 5.82 Å². The second-order valence-corrected chi connectivity index (χ2v) is 8.51. The lowest BCUT2D eigenvalue weighted by molar-refractivity contribution is -0.125. The zero-order chi connectivity index (χ0) is 18.1. The van der Waals surface area contributed by atoms with Crippen LogP contribution in [0.3, 0.4) is 0 Å². The standard InChI is InChI=1S/C19H23FN4OS/c1-12-17(22-11-21-12)10-24-9-16(26-15-6-2-13(20)3-7-15)8-18(24)19(25)23-14-4-5-14/h2-3,6-7,11,14,16,18H,4-5,8-10H2,1H3,(H,21,22)(H,23,25)/t16-,18+/m1/s1. The number of aromatic amines is 1. The van der Waals surface area contributed by atoms with E-state index in [2.05, 4.69) is 20.2 Å². The minimum atomic E-state index is -0.224. The van der Waals surface area contributed by atoms with Crippen LogP contribution in [0, 0.1) is 12.7 Å². The molecule has 1 amide bonds. The maximum Gasteiger partial charge on any atom is 0.237 e. The van der Waals surface area contributed by atoms with Crippen LogP contribution in [0.5, 0.6) is 0 Å². The van der Waals surface area contributed by atoms with Crippen molar-refractivity contribution >= 4 is 17.7 Å². The minimum Gasteiger partial charge on any atom is -0.352 e. The normalized spacial score (nSPS) is 23.3. The summed E-state index contributed by atoms with van der Waals surface area (Å²) in [5, 5.41) is 3.44. The molecule has 2 N–H and O–H groups in total. The van der Waals surface area contributed by atoms with E-state index in [1.807, 2.05) is 6.92 Å². The fourth-order valence-corrected chi connectivity index (χ4v) is 4.59. The second kappa shape index (κ2) is 7.40. The summed E-state index contributed by atoms with van der Waals surface area (Å²) in [6.45, 7) is 3.48. The van der Waals surface area contributed by atoms with Gasteiger partial charge in [0, 0.05) is 35.0 Å². The van der Waals surface area contributed by atoms with Gasteiger partial charge in [-0.1, -0.05) is 0 Å². The van der Waals surface area contributed by atoms with E-state index < -0.39 is 0 Å². The predicted molar refractivity (Wildman–Crippen MR) is 99.3 cm³/mol. The first-order valence-corrected chi connectivity index (χ1v) is 9.92. The summed E-state index contributed by atoms with van der Waals surface area (Å²) in [6, 6.07) is 6.81. The summed E-state index contributed by atoms with van der Waals surface area (Å²) >= 11 is 1.72. The molecular weight excluding hydrogens is 351 g/mol. The van der Waals surface area contributed by atoms with Gasteiger partial charge in [-0.3, -0.25) is 9.69 Å². The number of benzene rings is 1. The number of H-pyrrole nitrogens is 1. The molecular formula is C19H23FN4OS. The molecule has 2 fully saturated rings. The van der Waals surface area contributed by atoms with Gasteiger partial charge in [0.05, 0.1) is 18.1 Å². The monoisotopic (exact) mass is 374 g/mol. The Balaban J connectivity index is 1.46. The number of thioether (sulfide) groups is 1. The van der Waals surface area contributed by atoms with E-state index in [9.17, 15) is 9.18 Å². The van der Waals surface area contributed by atoms with Crippen molar-refractivity contribution < 1.29 is 9.18 Å². The highest BCUT2D eigenvalue weighted by Gasteiger charge is 2.39. The molecule has 1 saturated carbocycles. The molecule has 1 saturated heterocycles. The number of nitrogens with zero attached hydrogens (tertiary/aromatic N) is 2. The Morgan fingerprint density at radius 2 is 2.15 bits per heavy atom. The molecule has 4 rings (SSSR count). The number of imidazole rings is 1. The summed E-state index contributed by atoms with van der Waals surface area (Å²) in [7, 11) is 0. The third kappa shape index (κ3) is 4.10. The van der Waals surface area contributed by atoms with Gasteiger partial charge in [-0.05, 0) is 50.5 Å². The summed E-state index contributed by atoms with van der Waals surface area (Å²) in [6.07, 6.45) is 4.67. The molecule has 2 atom stereocenters. The number of likely N-dealkylation sites (tertiary alicyclic amines) is 1. The van der Waals surface area contributed by atoms with E-state index in [-0.39, 0.29) is 17.8 Å². The van der Waals surface area contributed by atoms with Crippen molar-refractivity contribution in [2.24, 2.45) is 0 Å². The summed E-state index contributed by atoms with van der Waals surface area (Å²) in [5.41, 5.74) is 2.03. The van der Waals surface area contributed by atoms with E-state index in [4.69, 9.17) is 0 Å². The van der Waals surface area contributed by atoms with Gasteiger partial charge in [0.15, 0.2) is 0 Å². The number of amides is 1. The molecule has 1 aliphatic heterocycles. The molecule has 2 aromatic rings. The fourth-order valence-electron chi connectivity index (χ4n) is 3.36. The van der Waals surface area contributed by atoms with E-state index >= 15 is 0 Å². The van der Waals surface area contributed by atoms with Crippen LogP contribution in [0.2, 0.25) is 0 Å². The van der Waals surface area contributed by atoms with Gasteiger partial charge in [-0.2, -0.15) is 0 Å². The fraction of sp³-hybridized carbons (Fsp3) is 0.474. The van der Waals surface area contributed by atoms with Crippen LogP contribution in [0.4, 0.5) is 4.39 Å². The first-order chi connectivity index (χ1) is 12.6. The smallest absolute Gasteiger partial charge is 0.237 e. The highest BCUT2D eigenvalue weighted by Crippen LogP contribution is 2.34. The molecule has 1 aliphatic carbocycles. The van der Waals surface area contributed by atoms with Crippen LogP contribution in [0.15, 0.2) is 35.5 Å². The molecule has 26 heavy (non-hydrogen) atoms. The van der Waals surface area contributed by atoms with Crippen LogP contribution in [0.25, 0.3) is 0 Å². The predicted octanol–water partition coefficient (Wildman–Crippen LogP) is 2.87. The SMILES string of the molecule is Cc1[nH]cnc1CN1C[C@H](Sc2ccc(F)cc2)C[C@H]1C(=O)NC1CC1. The third-order valence-corrected chi connectivity index (χ3v) is 6.21. The maximum absolute atomic E-state index is 13.1. The summed E-state index contributed by atoms with van der Waals surface area (Å²) in [5.74, 6) is -0.0963. The van der Waals surface area contributed by atoms with Crippen LogP contribution in [-0.4, -0.2) is 44.7 Å². The average Bonchev–Trinajstić information content (AvgIpc) is 3.20. The van der Waals surface area contributed by atoms with E-state index in [1.165, 1.54) is 12.1 Å². The van der Waals surface area contributed by atoms with Gasteiger partial charge < -0.3 is 10.3 Å². The van der Waals surface area contributed by atoms with E-state index in [0.29, 0.717) is 17.8 Å². The zero-order valence-electron chi connectivity index (χ0n) is 14.7. The molecule has 2 aliphatic rings. The second-order valence-electron chi connectivity index (χ2n) is 7.13. The Hall–Kier alpha value is -1.86. The molecule has 5 nitrogen and oxygen atoms in total. The topological polar surface area (TPSA) is 61.0 Å². The van der Waals surface area contributed by atoms with Crippen LogP contribution >= 0.6 is 11.8 Å². The van der Waals surface area contributed by atoms with Crippen LogP contribution in [0.1, 0.15) is 30.7 Å². The van der Waals surface area contributed by atoms with Crippen LogP contribution < -0.4 is 5.32 Å². The quantitative estimate of drug-likeness (QED) is 0.816.